The lowest BCUT2D eigenvalue weighted by molar-refractivity contribution is 0.630. The molecule has 1 saturated carbocycles. The molecule has 0 saturated heterocycles. The van der Waals surface area contributed by atoms with Gasteiger partial charge in [0.2, 0.25) is 0 Å². The van der Waals surface area contributed by atoms with Crippen LogP contribution in [-0.2, 0) is 6.54 Å². The van der Waals surface area contributed by atoms with Crippen molar-refractivity contribution in [3.8, 4) is 0 Å². The summed E-state index contributed by atoms with van der Waals surface area (Å²) in [5, 5.41) is 4.28. The van der Waals surface area contributed by atoms with Crippen molar-refractivity contribution in [1.29, 1.82) is 0 Å². The Hall–Kier alpha value is -0.830. The minimum atomic E-state index is 0.555. The highest BCUT2D eigenvalue weighted by molar-refractivity contribution is 5.00. The fourth-order valence-corrected chi connectivity index (χ4v) is 1.03. The molecule has 0 radical (unpaired) electrons. The Bertz CT molecular complexity index is 225. The van der Waals surface area contributed by atoms with Crippen LogP contribution in [0.15, 0.2) is 12.3 Å². The standard InChI is InChI=1S/C7H11N3/c8-5-6-3-4-10(9-6)7-1-2-7/h3-4,7H,1-2,5,8H2. The zero-order valence-corrected chi connectivity index (χ0v) is 5.83. The van der Waals surface area contributed by atoms with Gasteiger partial charge < -0.3 is 5.73 Å². The van der Waals surface area contributed by atoms with Crippen molar-refractivity contribution in [2.45, 2.75) is 25.4 Å². The molecule has 0 bridgehead atoms. The molecule has 1 aliphatic carbocycles. The van der Waals surface area contributed by atoms with Crippen LogP contribution in [0.4, 0.5) is 0 Å². The molecular formula is C7H11N3. The highest BCUT2D eigenvalue weighted by atomic mass is 15.3. The minimum Gasteiger partial charge on any atom is -0.325 e. The van der Waals surface area contributed by atoms with Gasteiger partial charge in [0, 0.05) is 12.7 Å². The van der Waals surface area contributed by atoms with E-state index in [-0.39, 0.29) is 0 Å². The maximum absolute atomic E-state index is 5.41. The van der Waals surface area contributed by atoms with E-state index >= 15 is 0 Å². The van der Waals surface area contributed by atoms with Crippen LogP contribution in [0.3, 0.4) is 0 Å². The van der Waals surface area contributed by atoms with Gasteiger partial charge in [0.15, 0.2) is 0 Å². The molecule has 0 spiro atoms. The normalized spacial score (nSPS) is 17.7. The molecule has 54 valence electrons. The molecule has 1 fully saturated rings. The fraction of sp³-hybridized carbons (Fsp3) is 0.571. The summed E-state index contributed by atoms with van der Waals surface area (Å²) in [6.45, 7) is 0.555. The second-order valence-corrected chi connectivity index (χ2v) is 2.72. The summed E-state index contributed by atoms with van der Waals surface area (Å²) in [5.41, 5.74) is 6.40. The SMILES string of the molecule is NCc1ccn(C2CC2)n1. The summed E-state index contributed by atoms with van der Waals surface area (Å²) < 4.78 is 2.02. The van der Waals surface area contributed by atoms with Crippen molar-refractivity contribution in [1.82, 2.24) is 9.78 Å². The summed E-state index contributed by atoms with van der Waals surface area (Å²) in [4.78, 5) is 0. The number of hydrogen-bond acceptors (Lipinski definition) is 2. The second-order valence-electron chi connectivity index (χ2n) is 2.72. The Morgan fingerprint density at radius 2 is 2.50 bits per heavy atom. The molecule has 0 amide bonds. The van der Waals surface area contributed by atoms with Gasteiger partial charge in [-0.25, -0.2) is 0 Å². The molecule has 1 aromatic heterocycles. The zero-order valence-electron chi connectivity index (χ0n) is 5.83. The molecule has 2 N–H and O–H groups in total. The van der Waals surface area contributed by atoms with Gasteiger partial charge >= 0.3 is 0 Å². The Balaban J connectivity index is 2.19. The summed E-state index contributed by atoms with van der Waals surface area (Å²) in [6.07, 6.45) is 4.58. The van der Waals surface area contributed by atoms with E-state index in [1.807, 2.05) is 16.9 Å². The van der Waals surface area contributed by atoms with Crippen molar-refractivity contribution in [2.24, 2.45) is 5.73 Å². The lowest BCUT2D eigenvalue weighted by Crippen LogP contribution is -2.00. The molecule has 1 aliphatic rings. The van der Waals surface area contributed by atoms with Crippen LogP contribution in [0.1, 0.15) is 24.6 Å². The van der Waals surface area contributed by atoms with Crippen molar-refractivity contribution >= 4 is 0 Å². The monoisotopic (exact) mass is 137 g/mol. The quantitative estimate of drug-likeness (QED) is 0.651. The van der Waals surface area contributed by atoms with E-state index in [0.29, 0.717) is 12.6 Å². The third-order valence-corrected chi connectivity index (χ3v) is 1.79. The van der Waals surface area contributed by atoms with E-state index in [9.17, 15) is 0 Å². The van der Waals surface area contributed by atoms with Gasteiger partial charge in [0.25, 0.3) is 0 Å². The van der Waals surface area contributed by atoms with Crippen LogP contribution < -0.4 is 5.73 Å². The van der Waals surface area contributed by atoms with Gasteiger partial charge in [0.05, 0.1) is 11.7 Å². The van der Waals surface area contributed by atoms with Gasteiger partial charge in [0.1, 0.15) is 0 Å². The lowest BCUT2D eigenvalue weighted by Gasteiger charge is -1.93. The number of hydrogen-bond donors (Lipinski definition) is 1. The first-order valence-corrected chi connectivity index (χ1v) is 3.64. The zero-order chi connectivity index (χ0) is 6.97. The van der Waals surface area contributed by atoms with E-state index in [1.54, 1.807) is 0 Å². The van der Waals surface area contributed by atoms with Gasteiger partial charge in [-0.1, -0.05) is 0 Å². The molecular weight excluding hydrogens is 126 g/mol. The first kappa shape index (κ1) is 5.92. The molecule has 0 unspecified atom stereocenters. The van der Waals surface area contributed by atoms with Crippen LogP contribution in [0.2, 0.25) is 0 Å². The first-order chi connectivity index (χ1) is 4.90. The maximum atomic E-state index is 5.41. The summed E-state index contributed by atoms with van der Waals surface area (Å²) in [5.74, 6) is 0. The molecule has 1 aromatic rings. The molecule has 0 atom stereocenters. The van der Waals surface area contributed by atoms with E-state index in [2.05, 4.69) is 5.10 Å². The first-order valence-electron chi connectivity index (χ1n) is 3.64. The van der Waals surface area contributed by atoms with E-state index in [4.69, 9.17) is 5.73 Å². The summed E-state index contributed by atoms with van der Waals surface area (Å²) >= 11 is 0. The predicted octanol–water partition coefficient (Wildman–Crippen LogP) is 0.677. The van der Waals surface area contributed by atoms with E-state index < -0.39 is 0 Å². The molecule has 0 aliphatic heterocycles. The Morgan fingerprint density at radius 1 is 1.70 bits per heavy atom. The van der Waals surface area contributed by atoms with Crippen LogP contribution in [-0.4, -0.2) is 9.78 Å². The Morgan fingerprint density at radius 3 is 3.00 bits per heavy atom. The number of nitrogens with two attached hydrogens (primary N) is 1. The van der Waals surface area contributed by atoms with E-state index in [1.165, 1.54) is 12.8 Å². The molecule has 10 heavy (non-hydrogen) atoms. The van der Waals surface area contributed by atoms with Crippen LogP contribution in [0, 0.1) is 0 Å². The van der Waals surface area contributed by atoms with Gasteiger partial charge in [-0.05, 0) is 18.9 Å². The fourth-order valence-electron chi connectivity index (χ4n) is 1.03. The molecule has 0 aromatic carbocycles. The Labute approximate surface area is 59.8 Å². The number of nitrogens with zero attached hydrogens (tertiary/aromatic N) is 2. The van der Waals surface area contributed by atoms with Crippen molar-refractivity contribution in [3.05, 3.63) is 18.0 Å². The number of rotatable bonds is 2. The highest BCUT2D eigenvalue weighted by Gasteiger charge is 2.23. The van der Waals surface area contributed by atoms with Gasteiger partial charge in [-0.15, -0.1) is 0 Å². The average Bonchev–Trinajstić information content (AvgIpc) is 2.70. The van der Waals surface area contributed by atoms with Crippen LogP contribution in [0.5, 0.6) is 0 Å². The number of aromatic nitrogens is 2. The smallest absolute Gasteiger partial charge is 0.0760 e. The highest BCUT2D eigenvalue weighted by Crippen LogP contribution is 2.33. The van der Waals surface area contributed by atoms with Crippen LogP contribution in [0.25, 0.3) is 0 Å². The largest absolute Gasteiger partial charge is 0.325 e. The maximum Gasteiger partial charge on any atom is 0.0760 e. The average molecular weight is 137 g/mol. The molecule has 2 rings (SSSR count). The lowest BCUT2D eigenvalue weighted by atomic mass is 10.4. The minimum absolute atomic E-state index is 0.555. The van der Waals surface area contributed by atoms with Crippen LogP contribution >= 0.6 is 0 Å². The van der Waals surface area contributed by atoms with E-state index in [0.717, 1.165) is 5.69 Å². The Kier molecular flexibility index (Phi) is 1.24. The topological polar surface area (TPSA) is 43.8 Å². The van der Waals surface area contributed by atoms with Crippen molar-refractivity contribution in [2.75, 3.05) is 0 Å². The summed E-state index contributed by atoms with van der Waals surface area (Å²) in [7, 11) is 0. The molecule has 3 nitrogen and oxygen atoms in total. The van der Waals surface area contributed by atoms with Crippen molar-refractivity contribution in [3.63, 3.8) is 0 Å². The molecule has 3 heteroatoms. The second kappa shape index (κ2) is 2.09. The third-order valence-electron chi connectivity index (χ3n) is 1.79. The third kappa shape index (κ3) is 0.926. The molecule has 1 heterocycles. The summed E-state index contributed by atoms with van der Waals surface area (Å²) in [6, 6.07) is 2.67. The van der Waals surface area contributed by atoms with Gasteiger partial charge in [-0.3, -0.25) is 4.68 Å². The van der Waals surface area contributed by atoms with Crippen molar-refractivity contribution < 1.29 is 0 Å². The van der Waals surface area contributed by atoms with Gasteiger partial charge in [-0.2, -0.15) is 5.10 Å². The predicted molar refractivity (Wildman–Crippen MR) is 38.4 cm³/mol.